The van der Waals surface area contributed by atoms with Gasteiger partial charge in [0.05, 0.1) is 0 Å². The van der Waals surface area contributed by atoms with E-state index in [2.05, 4.69) is 162 Å². The first-order chi connectivity index (χ1) is 29.9. The molecule has 0 spiro atoms. The molecule has 0 bridgehead atoms. The van der Waals surface area contributed by atoms with Gasteiger partial charge in [0.15, 0.2) is 0 Å². The van der Waals surface area contributed by atoms with Gasteiger partial charge < -0.3 is 0 Å². The molecule has 0 N–H and O–H groups in total. The molecule has 63 heavy (non-hydrogen) atoms. The van der Waals surface area contributed by atoms with E-state index in [1.165, 1.54) is 97.3 Å². The Morgan fingerprint density at radius 1 is 0.667 bits per heavy atom. The van der Waals surface area contributed by atoms with Gasteiger partial charge in [0.2, 0.25) is 0 Å². The van der Waals surface area contributed by atoms with E-state index in [0.29, 0.717) is 5.92 Å². The molecular weight excluding hydrogens is 764 g/mol. The summed E-state index contributed by atoms with van der Waals surface area (Å²) in [7, 11) is 0. The Morgan fingerprint density at radius 3 is 1.75 bits per heavy atom. The molecule has 0 atom stereocenters. The molecule has 5 aromatic carbocycles. The van der Waals surface area contributed by atoms with Crippen LogP contribution in [0.5, 0.6) is 0 Å². The topological polar surface area (TPSA) is 0 Å². The van der Waals surface area contributed by atoms with Crippen molar-refractivity contribution in [3.63, 3.8) is 0 Å². The highest BCUT2D eigenvalue weighted by Gasteiger charge is 2.37. The Hall–Kier alpha value is -6.05. The molecule has 2 aliphatic rings. The van der Waals surface area contributed by atoms with Crippen molar-refractivity contribution < 1.29 is 4.39 Å². The SMILES string of the molecule is C=C/C(CC)=C(/C=C)C(=C)c1ccccc1C.C=Cc1c(C)cc2c(c1C=C)-c1ccc(C)cc1C2(C)C.CC(C)C1=CCCC=C1.Cc1cc(C)cc(F)c1.Cc1ccccc1. The third kappa shape index (κ3) is 14.0. The van der Waals surface area contributed by atoms with Crippen molar-refractivity contribution in [3.8, 4) is 11.1 Å². The van der Waals surface area contributed by atoms with E-state index in [0.717, 1.165) is 28.7 Å². The van der Waals surface area contributed by atoms with E-state index in [1.807, 2.05) is 74.5 Å². The minimum atomic E-state index is -0.146. The van der Waals surface area contributed by atoms with Gasteiger partial charge in [0, 0.05) is 5.41 Å². The molecule has 0 amide bonds. The Kier molecular flexibility index (Phi) is 20.0. The number of fused-ring (bicyclic) bond motifs is 3. The lowest BCUT2D eigenvalue weighted by atomic mass is 9.80. The lowest BCUT2D eigenvalue weighted by Crippen LogP contribution is -2.15. The third-order valence-electron chi connectivity index (χ3n) is 11.6. The van der Waals surface area contributed by atoms with Gasteiger partial charge in [-0.15, -0.1) is 0 Å². The van der Waals surface area contributed by atoms with E-state index in [-0.39, 0.29) is 11.2 Å². The lowest BCUT2D eigenvalue weighted by molar-refractivity contribution is 0.625. The van der Waals surface area contributed by atoms with Crippen LogP contribution in [0.4, 0.5) is 4.39 Å². The van der Waals surface area contributed by atoms with E-state index in [4.69, 9.17) is 0 Å². The fraction of sp³-hybridized carbons (Fsp3) is 0.258. The van der Waals surface area contributed by atoms with Crippen molar-refractivity contribution in [2.45, 2.75) is 101 Å². The molecule has 0 radical (unpaired) electrons. The van der Waals surface area contributed by atoms with Gasteiger partial charge in [0.1, 0.15) is 5.82 Å². The highest BCUT2D eigenvalue weighted by atomic mass is 19.1. The number of aryl methyl sites for hydroxylation is 6. The zero-order valence-electron chi connectivity index (χ0n) is 40.4. The van der Waals surface area contributed by atoms with Gasteiger partial charge in [-0.05, 0) is 162 Å². The Balaban J connectivity index is 0.000000224. The molecule has 1 heteroatoms. The van der Waals surface area contributed by atoms with Crippen LogP contribution in [-0.4, -0.2) is 0 Å². The molecule has 0 heterocycles. The number of benzene rings is 5. The molecule has 0 fully saturated rings. The van der Waals surface area contributed by atoms with Crippen LogP contribution in [0.1, 0.15) is 115 Å². The second kappa shape index (κ2) is 24.6. The first kappa shape index (κ1) is 51.3. The van der Waals surface area contributed by atoms with Gasteiger partial charge >= 0.3 is 0 Å². The molecule has 0 nitrogen and oxygen atoms in total. The number of hydrogen-bond donors (Lipinski definition) is 0. The van der Waals surface area contributed by atoms with Crippen molar-refractivity contribution >= 4 is 17.7 Å². The predicted octanol–water partition coefficient (Wildman–Crippen LogP) is 18.3. The van der Waals surface area contributed by atoms with Crippen molar-refractivity contribution in [2.75, 3.05) is 0 Å². The summed E-state index contributed by atoms with van der Waals surface area (Å²) >= 11 is 0. The lowest BCUT2D eigenvalue weighted by Gasteiger charge is -2.23. The van der Waals surface area contributed by atoms with Crippen molar-refractivity contribution in [2.24, 2.45) is 5.92 Å². The average Bonchev–Trinajstić information content (AvgIpc) is 3.47. The van der Waals surface area contributed by atoms with Crippen LogP contribution in [0.15, 0.2) is 177 Å². The fourth-order valence-electron chi connectivity index (χ4n) is 8.13. The van der Waals surface area contributed by atoms with Crippen LogP contribution in [0.2, 0.25) is 0 Å². The maximum absolute atomic E-state index is 12.4. The molecule has 2 aliphatic carbocycles. The maximum atomic E-state index is 12.4. The standard InChI is InChI=1S/C21H22.C17H20.C9H14.C8H9F.C7H8/c1-7-15-14(4)12-19-20(16(15)8-2)17-10-9-13(3)11-18(17)21(19,5)6;1-6-15(7-2)16(8-3)14(5)17-12-10-9-11-13(17)4;1-8(2)9-6-4-3-5-7-9;1-6-3-7(2)5-8(9)4-6;1-7-5-3-2-4-6-7/h7-12H,1-2H2,3-6H3;6,8-12H,1,3,5,7H2,2,4H3;4,6-8H,3,5H2,1-2H3;3-5H,1-2H3;2-6H,1H3/b;16-15+;;;. The summed E-state index contributed by atoms with van der Waals surface area (Å²) in [4.78, 5) is 0. The molecule has 0 saturated heterocycles. The van der Waals surface area contributed by atoms with Crippen molar-refractivity contribution in [3.05, 3.63) is 244 Å². The average molecular weight is 837 g/mol. The van der Waals surface area contributed by atoms with Gasteiger partial charge in [-0.25, -0.2) is 4.39 Å². The molecule has 328 valence electrons. The largest absolute Gasteiger partial charge is 0.207 e. The first-order valence-electron chi connectivity index (χ1n) is 22.3. The van der Waals surface area contributed by atoms with Gasteiger partial charge in [-0.2, -0.15) is 0 Å². The first-order valence-corrected chi connectivity index (χ1v) is 22.3. The maximum Gasteiger partial charge on any atom is 0.123 e. The number of hydrogen-bond acceptors (Lipinski definition) is 0. The van der Waals surface area contributed by atoms with Crippen molar-refractivity contribution in [1.82, 2.24) is 0 Å². The Bertz CT molecular complexity index is 2420. The minimum absolute atomic E-state index is 0.0406. The van der Waals surface area contributed by atoms with Crippen LogP contribution in [0, 0.1) is 53.3 Å². The van der Waals surface area contributed by atoms with E-state index < -0.39 is 0 Å². The summed E-state index contributed by atoms with van der Waals surface area (Å²) in [6, 6.07) is 32.6. The van der Waals surface area contributed by atoms with Crippen molar-refractivity contribution in [1.29, 1.82) is 0 Å². The smallest absolute Gasteiger partial charge is 0.123 e. The van der Waals surface area contributed by atoms with E-state index in [9.17, 15) is 4.39 Å². The summed E-state index contributed by atoms with van der Waals surface area (Å²) in [5.74, 6) is 0.564. The summed E-state index contributed by atoms with van der Waals surface area (Å²) in [5, 5.41) is 0. The fourth-order valence-corrected chi connectivity index (χ4v) is 8.13. The second-order valence-electron chi connectivity index (χ2n) is 17.3. The Labute approximate surface area is 382 Å². The minimum Gasteiger partial charge on any atom is -0.207 e. The quantitative estimate of drug-likeness (QED) is 0.137. The molecule has 0 aromatic heterocycles. The monoisotopic (exact) mass is 837 g/mol. The van der Waals surface area contributed by atoms with Crippen LogP contribution in [0.25, 0.3) is 28.9 Å². The zero-order valence-corrected chi connectivity index (χ0v) is 40.4. The highest BCUT2D eigenvalue weighted by Crippen LogP contribution is 2.51. The van der Waals surface area contributed by atoms with Gasteiger partial charge in [-0.1, -0.05) is 206 Å². The molecule has 0 saturated carbocycles. The van der Waals surface area contributed by atoms with Crippen LogP contribution >= 0.6 is 0 Å². The predicted molar refractivity (Wildman–Crippen MR) is 280 cm³/mol. The van der Waals surface area contributed by atoms with Crippen LogP contribution in [-0.2, 0) is 5.41 Å². The second-order valence-corrected chi connectivity index (χ2v) is 17.3. The summed E-state index contributed by atoms with van der Waals surface area (Å²) in [6.07, 6.45) is 17.9. The number of rotatable bonds is 8. The van der Waals surface area contributed by atoms with Gasteiger partial charge in [-0.3, -0.25) is 0 Å². The molecule has 0 aliphatic heterocycles. The zero-order chi connectivity index (χ0) is 46.9. The molecular formula is C62H73F. The van der Waals surface area contributed by atoms with Crippen LogP contribution < -0.4 is 0 Å². The highest BCUT2D eigenvalue weighted by molar-refractivity contribution is 5.91. The molecule has 5 aromatic rings. The van der Waals surface area contributed by atoms with Gasteiger partial charge in [0.25, 0.3) is 0 Å². The summed E-state index contributed by atoms with van der Waals surface area (Å²) in [5.41, 5.74) is 21.1. The Morgan fingerprint density at radius 2 is 1.29 bits per heavy atom. The summed E-state index contributed by atoms with van der Waals surface area (Å²) in [6.45, 7) is 43.5. The van der Waals surface area contributed by atoms with E-state index >= 15 is 0 Å². The summed E-state index contributed by atoms with van der Waals surface area (Å²) < 4.78 is 12.4. The normalized spacial score (nSPS) is 12.9. The molecule has 7 rings (SSSR count). The van der Waals surface area contributed by atoms with Crippen LogP contribution in [0.3, 0.4) is 0 Å². The molecule has 0 unspecified atom stereocenters. The third-order valence-corrected chi connectivity index (χ3v) is 11.6. The van der Waals surface area contributed by atoms with E-state index in [1.54, 1.807) is 0 Å². The number of allylic oxidation sites excluding steroid dienone is 9. The number of halogens is 1.